The van der Waals surface area contributed by atoms with Gasteiger partial charge in [0.2, 0.25) is 5.91 Å². The predicted molar refractivity (Wildman–Crippen MR) is 85.4 cm³/mol. The maximum atomic E-state index is 11.6. The van der Waals surface area contributed by atoms with Gasteiger partial charge in [0.25, 0.3) is 0 Å². The quantitative estimate of drug-likeness (QED) is 0.826. The molecule has 0 unspecified atom stereocenters. The van der Waals surface area contributed by atoms with Gasteiger partial charge in [0.1, 0.15) is 11.5 Å². The molecule has 1 aromatic carbocycles. The highest BCUT2D eigenvalue weighted by molar-refractivity contribution is 5.93. The molecule has 23 heavy (non-hydrogen) atoms. The van der Waals surface area contributed by atoms with Gasteiger partial charge >= 0.3 is 6.03 Å². The second-order valence-electron chi connectivity index (χ2n) is 5.46. The number of likely N-dealkylation sites (tertiary alicyclic amines) is 1. The summed E-state index contributed by atoms with van der Waals surface area (Å²) in [6.07, 6.45) is 2.26. The van der Waals surface area contributed by atoms with E-state index >= 15 is 0 Å². The van der Waals surface area contributed by atoms with Gasteiger partial charge in [-0.2, -0.15) is 0 Å². The van der Waals surface area contributed by atoms with Gasteiger partial charge in [-0.1, -0.05) is 0 Å². The number of amides is 3. The van der Waals surface area contributed by atoms with Crippen LogP contribution in [-0.2, 0) is 4.79 Å². The van der Waals surface area contributed by atoms with Crippen molar-refractivity contribution in [3.8, 4) is 11.5 Å². The molecule has 7 heteroatoms. The SMILES string of the molecule is COc1ccc(OC)c([C@@H]2CCCN2CCC(=O)NC(N)=O)c1. The van der Waals surface area contributed by atoms with Gasteiger partial charge in [-0.3, -0.25) is 15.0 Å². The van der Waals surface area contributed by atoms with Crippen LogP contribution in [-0.4, -0.2) is 44.1 Å². The molecule has 3 amide bonds. The maximum Gasteiger partial charge on any atom is 0.318 e. The second-order valence-corrected chi connectivity index (χ2v) is 5.46. The third-order valence-corrected chi connectivity index (χ3v) is 4.05. The zero-order chi connectivity index (χ0) is 16.8. The van der Waals surface area contributed by atoms with Gasteiger partial charge in [-0.25, -0.2) is 4.79 Å². The van der Waals surface area contributed by atoms with Gasteiger partial charge in [0.15, 0.2) is 0 Å². The Kier molecular flexibility index (Phi) is 5.81. The van der Waals surface area contributed by atoms with Crippen LogP contribution < -0.4 is 20.5 Å². The van der Waals surface area contributed by atoms with E-state index in [2.05, 4.69) is 10.2 Å². The van der Waals surface area contributed by atoms with Crippen molar-refractivity contribution < 1.29 is 19.1 Å². The van der Waals surface area contributed by atoms with Crippen molar-refractivity contribution in [2.24, 2.45) is 5.73 Å². The number of hydrogen-bond acceptors (Lipinski definition) is 5. The number of carbonyl (C=O) groups excluding carboxylic acids is 2. The number of methoxy groups -OCH3 is 2. The molecule has 0 aromatic heterocycles. The molecule has 0 bridgehead atoms. The third-order valence-electron chi connectivity index (χ3n) is 4.05. The number of imide groups is 1. The topological polar surface area (TPSA) is 93.9 Å². The summed E-state index contributed by atoms with van der Waals surface area (Å²) in [6, 6.07) is 5.08. The minimum Gasteiger partial charge on any atom is -0.497 e. The number of ether oxygens (including phenoxy) is 2. The average molecular weight is 321 g/mol. The zero-order valence-electron chi connectivity index (χ0n) is 13.5. The molecular weight excluding hydrogens is 298 g/mol. The van der Waals surface area contributed by atoms with Gasteiger partial charge in [-0.15, -0.1) is 0 Å². The summed E-state index contributed by atoms with van der Waals surface area (Å²) in [5.41, 5.74) is 6.01. The number of rotatable bonds is 6. The lowest BCUT2D eigenvalue weighted by Crippen LogP contribution is -2.37. The number of nitrogens with one attached hydrogen (secondary N) is 1. The van der Waals surface area contributed by atoms with Gasteiger partial charge in [0.05, 0.1) is 14.2 Å². The summed E-state index contributed by atoms with van der Waals surface area (Å²) in [4.78, 5) is 24.5. The second kappa shape index (κ2) is 7.82. The van der Waals surface area contributed by atoms with Crippen LogP contribution in [0.2, 0.25) is 0 Å². The van der Waals surface area contributed by atoms with Crippen molar-refractivity contribution in [1.82, 2.24) is 10.2 Å². The maximum absolute atomic E-state index is 11.6. The first-order chi connectivity index (χ1) is 11.0. The molecule has 7 nitrogen and oxygen atoms in total. The molecule has 1 saturated heterocycles. The Labute approximate surface area is 135 Å². The van der Waals surface area contributed by atoms with Crippen LogP contribution in [0.4, 0.5) is 4.79 Å². The van der Waals surface area contributed by atoms with Crippen LogP contribution in [0.25, 0.3) is 0 Å². The molecular formula is C16H23N3O4. The largest absolute Gasteiger partial charge is 0.497 e. The number of primary amides is 1. The van der Waals surface area contributed by atoms with E-state index in [4.69, 9.17) is 15.2 Å². The molecule has 126 valence electrons. The Balaban J connectivity index is 2.09. The monoisotopic (exact) mass is 321 g/mol. The number of hydrogen-bond donors (Lipinski definition) is 2. The highest BCUT2D eigenvalue weighted by Gasteiger charge is 2.28. The van der Waals surface area contributed by atoms with Crippen LogP contribution in [0, 0.1) is 0 Å². The Morgan fingerprint density at radius 3 is 2.78 bits per heavy atom. The molecule has 3 N–H and O–H groups in total. The number of benzene rings is 1. The molecule has 2 rings (SSSR count). The molecule has 1 fully saturated rings. The average Bonchev–Trinajstić information content (AvgIpc) is 3.00. The number of carbonyl (C=O) groups is 2. The molecule has 0 spiro atoms. The van der Waals surface area contributed by atoms with Gasteiger partial charge in [0, 0.05) is 24.6 Å². The first kappa shape index (κ1) is 17.1. The van der Waals surface area contributed by atoms with E-state index in [-0.39, 0.29) is 18.4 Å². The Bertz CT molecular complexity index is 576. The van der Waals surface area contributed by atoms with E-state index in [9.17, 15) is 9.59 Å². The Morgan fingerprint density at radius 1 is 1.35 bits per heavy atom. The summed E-state index contributed by atoms with van der Waals surface area (Å²) >= 11 is 0. The van der Waals surface area contributed by atoms with E-state index in [1.54, 1.807) is 14.2 Å². The summed E-state index contributed by atoms with van der Waals surface area (Å²) in [6.45, 7) is 1.46. The number of nitrogens with zero attached hydrogens (tertiary/aromatic N) is 1. The Hall–Kier alpha value is -2.28. The van der Waals surface area contributed by atoms with Crippen LogP contribution in [0.5, 0.6) is 11.5 Å². The normalized spacial score (nSPS) is 17.7. The van der Waals surface area contributed by atoms with Gasteiger partial charge < -0.3 is 15.2 Å². The van der Waals surface area contributed by atoms with Crippen molar-refractivity contribution >= 4 is 11.9 Å². The highest BCUT2D eigenvalue weighted by Crippen LogP contribution is 2.38. The minimum absolute atomic E-state index is 0.168. The summed E-state index contributed by atoms with van der Waals surface area (Å²) in [5, 5.41) is 2.09. The number of urea groups is 1. The molecule has 1 atom stereocenters. The molecule has 0 saturated carbocycles. The smallest absolute Gasteiger partial charge is 0.318 e. The molecule has 1 heterocycles. The van der Waals surface area contributed by atoms with Crippen molar-refractivity contribution in [2.75, 3.05) is 27.3 Å². The lowest BCUT2D eigenvalue weighted by molar-refractivity contribution is -0.120. The van der Waals surface area contributed by atoms with Crippen molar-refractivity contribution in [3.05, 3.63) is 23.8 Å². The van der Waals surface area contributed by atoms with Crippen LogP contribution >= 0.6 is 0 Å². The van der Waals surface area contributed by atoms with E-state index < -0.39 is 6.03 Å². The third kappa shape index (κ3) is 4.35. The van der Waals surface area contributed by atoms with Crippen molar-refractivity contribution in [3.63, 3.8) is 0 Å². The van der Waals surface area contributed by atoms with Crippen LogP contribution in [0.3, 0.4) is 0 Å². The molecule has 1 aliphatic heterocycles. The van der Waals surface area contributed by atoms with E-state index in [0.29, 0.717) is 6.54 Å². The minimum atomic E-state index is -0.817. The van der Waals surface area contributed by atoms with E-state index in [1.807, 2.05) is 18.2 Å². The molecule has 0 radical (unpaired) electrons. The standard InChI is InChI=1S/C16H23N3O4/c1-22-11-5-6-14(23-2)12(10-11)13-4-3-8-19(13)9-7-15(20)18-16(17)21/h5-6,10,13H,3-4,7-9H2,1-2H3,(H3,17,18,20,21)/t13-/m0/s1. The van der Waals surface area contributed by atoms with Crippen molar-refractivity contribution in [2.45, 2.75) is 25.3 Å². The fourth-order valence-electron chi connectivity index (χ4n) is 2.99. The lowest BCUT2D eigenvalue weighted by atomic mass is 10.0. The summed E-state index contributed by atoms with van der Waals surface area (Å²) in [7, 11) is 3.27. The van der Waals surface area contributed by atoms with E-state index in [0.717, 1.165) is 36.4 Å². The Morgan fingerprint density at radius 2 is 2.13 bits per heavy atom. The molecule has 1 aromatic rings. The fraction of sp³-hybridized carbons (Fsp3) is 0.500. The predicted octanol–water partition coefficient (Wildman–Crippen LogP) is 1.43. The highest BCUT2D eigenvalue weighted by atomic mass is 16.5. The number of nitrogens with two attached hydrogens (primary N) is 1. The summed E-state index contributed by atoms with van der Waals surface area (Å²) in [5.74, 6) is 1.23. The molecule has 0 aliphatic carbocycles. The first-order valence-electron chi connectivity index (χ1n) is 7.60. The molecule has 1 aliphatic rings. The fourth-order valence-corrected chi connectivity index (χ4v) is 2.99. The summed E-state index contributed by atoms with van der Waals surface area (Å²) < 4.78 is 10.8. The van der Waals surface area contributed by atoms with E-state index in [1.165, 1.54) is 0 Å². The van der Waals surface area contributed by atoms with Crippen LogP contribution in [0.1, 0.15) is 30.9 Å². The van der Waals surface area contributed by atoms with Gasteiger partial charge in [-0.05, 0) is 37.6 Å². The van der Waals surface area contributed by atoms with Crippen molar-refractivity contribution in [1.29, 1.82) is 0 Å². The lowest BCUT2D eigenvalue weighted by Gasteiger charge is -2.26. The zero-order valence-corrected chi connectivity index (χ0v) is 13.5. The van der Waals surface area contributed by atoms with Crippen LogP contribution in [0.15, 0.2) is 18.2 Å². The first-order valence-corrected chi connectivity index (χ1v) is 7.60.